The highest BCUT2D eigenvalue weighted by atomic mass is 32.1. The van der Waals surface area contributed by atoms with E-state index >= 15 is 0 Å². The fourth-order valence-corrected chi connectivity index (χ4v) is 4.22. The molecule has 1 aliphatic heterocycles. The molecule has 0 bridgehead atoms. The molecule has 0 aromatic rings. The summed E-state index contributed by atoms with van der Waals surface area (Å²) in [5.74, 6) is -0.350. The molecule has 0 amide bonds. The Kier molecular flexibility index (Phi) is 5.38. The molecule has 100 valence electrons. The van der Waals surface area contributed by atoms with E-state index < -0.39 is 13.4 Å². The highest BCUT2D eigenvalue weighted by molar-refractivity contribution is 7.80. The largest absolute Gasteiger partial charge is 0.465 e. The summed E-state index contributed by atoms with van der Waals surface area (Å²) in [7, 11) is -3.24. The number of ether oxygens (including phenoxy) is 1. The molecule has 1 aliphatic rings. The molecule has 17 heavy (non-hydrogen) atoms. The summed E-state index contributed by atoms with van der Waals surface area (Å²) in [6, 6.07) is 0. The van der Waals surface area contributed by atoms with Crippen LogP contribution in [-0.4, -0.2) is 30.3 Å². The summed E-state index contributed by atoms with van der Waals surface area (Å²) in [6.07, 6.45) is -0.286. The van der Waals surface area contributed by atoms with Crippen LogP contribution in [0, 0.1) is 5.92 Å². The first-order chi connectivity index (χ1) is 7.94. The second-order valence-corrected chi connectivity index (χ2v) is 6.60. The van der Waals surface area contributed by atoms with Gasteiger partial charge in [0.15, 0.2) is 5.78 Å². The zero-order valence-corrected chi connectivity index (χ0v) is 12.3. The number of hydrogen-bond acceptors (Lipinski definition) is 5. The molecular formula is C10H20NO4PS. The highest BCUT2D eigenvalue weighted by Gasteiger charge is 2.48. The lowest BCUT2D eigenvalue weighted by molar-refractivity contribution is 0.144. The zero-order valence-electron chi connectivity index (χ0n) is 10.6. The monoisotopic (exact) mass is 281 g/mol. The minimum atomic E-state index is -3.24. The standard InChI is InChI=1S/C10H20NO4PS/c1-5-13-16(12,14-6-2)9-8(7(3)4)15-10(17)11-9/h7-9H,5-6H2,1-4H3,(H,11,17). The Bertz CT molecular complexity index is 313. The molecule has 1 N–H and O–H groups in total. The summed E-state index contributed by atoms with van der Waals surface area (Å²) in [4.78, 5) is 0. The Labute approximate surface area is 108 Å². The average Bonchev–Trinajstić information content (AvgIpc) is 2.62. The van der Waals surface area contributed by atoms with E-state index in [4.69, 9.17) is 26.0 Å². The van der Waals surface area contributed by atoms with E-state index in [9.17, 15) is 4.57 Å². The molecule has 1 rings (SSSR count). The van der Waals surface area contributed by atoms with Gasteiger partial charge < -0.3 is 19.1 Å². The van der Waals surface area contributed by atoms with Crippen molar-refractivity contribution in [1.29, 1.82) is 0 Å². The molecule has 0 radical (unpaired) electrons. The summed E-state index contributed by atoms with van der Waals surface area (Å²) in [5, 5.41) is 3.15. The lowest BCUT2D eigenvalue weighted by Gasteiger charge is -2.27. The SMILES string of the molecule is CCOP(=O)(OCC)C1NC(=S)OC1C(C)C. The Morgan fingerprint density at radius 3 is 2.35 bits per heavy atom. The normalized spacial score (nSPS) is 24.9. The van der Waals surface area contributed by atoms with Gasteiger partial charge in [0.2, 0.25) is 0 Å². The van der Waals surface area contributed by atoms with Crippen molar-refractivity contribution in [3.8, 4) is 0 Å². The van der Waals surface area contributed by atoms with Gasteiger partial charge in [0.05, 0.1) is 13.2 Å². The van der Waals surface area contributed by atoms with E-state index in [0.29, 0.717) is 13.2 Å². The van der Waals surface area contributed by atoms with E-state index in [1.807, 2.05) is 13.8 Å². The lowest BCUT2D eigenvalue weighted by Crippen LogP contribution is -2.35. The fraction of sp³-hybridized carbons (Fsp3) is 0.900. The number of nitrogens with one attached hydrogen (secondary N) is 1. The van der Waals surface area contributed by atoms with Crippen LogP contribution in [0.3, 0.4) is 0 Å². The van der Waals surface area contributed by atoms with Gasteiger partial charge in [-0.15, -0.1) is 0 Å². The van der Waals surface area contributed by atoms with Crippen LogP contribution in [0.1, 0.15) is 27.7 Å². The van der Waals surface area contributed by atoms with Gasteiger partial charge in [-0.25, -0.2) is 0 Å². The smallest absolute Gasteiger partial charge is 0.356 e. The second kappa shape index (κ2) is 6.14. The molecule has 1 saturated heterocycles. The number of hydrogen-bond donors (Lipinski definition) is 1. The van der Waals surface area contributed by atoms with Gasteiger partial charge in [-0.1, -0.05) is 13.8 Å². The Hall–Kier alpha value is -0.160. The maximum Gasteiger partial charge on any atom is 0.356 e. The van der Waals surface area contributed by atoms with Gasteiger partial charge in [-0.3, -0.25) is 4.57 Å². The molecule has 1 fully saturated rings. The van der Waals surface area contributed by atoms with Crippen molar-refractivity contribution in [2.24, 2.45) is 5.92 Å². The maximum atomic E-state index is 12.6. The molecule has 0 aromatic carbocycles. The highest BCUT2D eigenvalue weighted by Crippen LogP contribution is 2.55. The van der Waals surface area contributed by atoms with Gasteiger partial charge in [0.25, 0.3) is 5.17 Å². The lowest BCUT2D eigenvalue weighted by atomic mass is 10.1. The molecule has 2 unspecified atom stereocenters. The van der Waals surface area contributed by atoms with E-state index in [1.165, 1.54) is 0 Å². The van der Waals surface area contributed by atoms with Crippen molar-refractivity contribution in [3.63, 3.8) is 0 Å². The summed E-state index contributed by atoms with van der Waals surface area (Å²) in [6.45, 7) is 8.18. The van der Waals surface area contributed by atoms with Crippen molar-refractivity contribution < 1.29 is 18.3 Å². The van der Waals surface area contributed by atoms with Crippen LogP contribution >= 0.6 is 19.8 Å². The average molecular weight is 281 g/mol. The third-order valence-electron chi connectivity index (χ3n) is 2.44. The summed E-state index contributed by atoms with van der Waals surface area (Å²) < 4.78 is 28.7. The van der Waals surface area contributed by atoms with Crippen LogP contribution in [0.4, 0.5) is 0 Å². The third-order valence-corrected chi connectivity index (χ3v) is 4.99. The topological polar surface area (TPSA) is 56.8 Å². The van der Waals surface area contributed by atoms with E-state index in [2.05, 4.69) is 5.32 Å². The van der Waals surface area contributed by atoms with Gasteiger partial charge in [-0.05, 0) is 32.0 Å². The Balaban J connectivity index is 2.92. The van der Waals surface area contributed by atoms with E-state index in [1.54, 1.807) is 13.8 Å². The van der Waals surface area contributed by atoms with Crippen LogP contribution in [-0.2, 0) is 18.3 Å². The summed E-state index contributed by atoms with van der Waals surface area (Å²) in [5.41, 5.74) is 0. The summed E-state index contributed by atoms with van der Waals surface area (Å²) >= 11 is 4.96. The van der Waals surface area contributed by atoms with Crippen molar-refractivity contribution in [2.75, 3.05) is 13.2 Å². The van der Waals surface area contributed by atoms with Gasteiger partial charge in [-0.2, -0.15) is 0 Å². The fourth-order valence-electron chi connectivity index (χ4n) is 1.74. The molecule has 0 aromatic heterocycles. The van der Waals surface area contributed by atoms with Crippen LogP contribution in [0.2, 0.25) is 0 Å². The minimum absolute atomic E-state index is 0.169. The van der Waals surface area contributed by atoms with E-state index in [0.717, 1.165) is 0 Å². The second-order valence-electron chi connectivity index (χ2n) is 4.08. The third kappa shape index (κ3) is 3.41. The minimum Gasteiger partial charge on any atom is -0.465 e. The quantitative estimate of drug-likeness (QED) is 0.596. The van der Waals surface area contributed by atoms with E-state index in [-0.39, 0.29) is 17.2 Å². The molecule has 2 atom stereocenters. The van der Waals surface area contributed by atoms with Crippen LogP contribution in [0.5, 0.6) is 0 Å². The van der Waals surface area contributed by atoms with Crippen LogP contribution in [0.25, 0.3) is 0 Å². The Morgan fingerprint density at radius 1 is 1.41 bits per heavy atom. The molecular weight excluding hydrogens is 261 g/mol. The van der Waals surface area contributed by atoms with Crippen molar-refractivity contribution >= 4 is 25.0 Å². The molecule has 0 aliphatic carbocycles. The molecule has 0 saturated carbocycles. The molecule has 7 heteroatoms. The Morgan fingerprint density at radius 2 is 1.94 bits per heavy atom. The molecule has 1 heterocycles. The van der Waals surface area contributed by atoms with Gasteiger partial charge in [0.1, 0.15) is 6.10 Å². The number of rotatable bonds is 6. The van der Waals surface area contributed by atoms with Crippen LogP contribution in [0.15, 0.2) is 0 Å². The predicted molar refractivity (Wildman–Crippen MR) is 70.1 cm³/mol. The van der Waals surface area contributed by atoms with Crippen molar-refractivity contribution in [2.45, 2.75) is 39.6 Å². The first kappa shape index (κ1) is 14.9. The maximum absolute atomic E-state index is 12.6. The first-order valence-electron chi connectivity index (χ1n) is 5.80. The van der Waals surface area contributed by atoms with Crippen molar-refractivity contribution in [3.05, 3.63) is 0 Å². The molecule has 0 spiro atoms. The zero-order chi connectivity index (χ0) is 13.1. The predicted octanol–water partition coefficient (Wildman–Crippen LogP) is 2.51. The number of thiocarbonyl (C=S) groups is 1. The first-order valence-corrected chi connectivity index (χ1v) is 7.82. The van der Waals surface area contributed by atoms with Gasteiger partial charge >= 0.3 is 7.60 Å². The van der Waals surface area contributed by atoms with Crippen LogP contribution < -0.4 is 5.32 Å². The van der Waals surface area contributed by atoms with Gasteiger partial charge in [0, 0.05) is 0 Å². The van der Waals surface area contributed by atoms with Crippen molar-refractivity contribution in [1.82, 2.24) is 5.32 Å². The molecule has 5 nitrogen and oxygen atoms in total.